The van der Waals surface area contributed by atoms with Crippen molar-refractivity contribution in [2.45, 2.75) is 31.7 Å². The third kappa shape index (κ3) is 3.00. The molecule has 0 radical (unpaired) electrons. The number of carbonyl (C=O) groups excluding carboxylic acids is 1. The van der Waals surface area contributed by atoms with E-state index in [1.165, 1.54) is 35.8 Å². The van der Waals surface area contributed by atoms with Crippen LogP contribution in [0.3, 0.4) is 0 Å². The molecule has 3 aromatic rings. The van der Waals surface area contributed by atoms with Crippen molar-refractivity contribution in [3.8, 4) is 11.1 Å². The van der Waals surface area contributed by atoms with E-state index < -0.39 is 0 Å². The molecule has 0 amide bonds. The van der Waals surface area contributed by atoms with Gasteiger partial charge in [0.05, 0.1) is 13.0 Å². The van der Waals surface area contributed by atoms with Gasteiger partial charge in [-0.15, -0.1) is 0 Å². The maximum Gasteiger partial charge on any atom is 0.308 e. The predicted octanol–water partition coefficient (Wildman–Crippen LogP) is 4.37. The minimum absolute atomic E-state index is 0.0554. The highest BCUT2D eigenvalue weighted by Crippen LogP contribution is 2.39. The van der Waals surface area contributed by atoms with Gasteiger partial charge in [0.1, 0.15) is 5.52 Å². The Bertz CT molecular complexity index is 1020. The van der Waals surface area contributed by atoms with Gasteiger partial charge < -0.3 is 9.15 Å². The zero-order valence-electron chi connectivity index (χ0n) is 16.1. The summed E-state index contributed by atoms with van der Waals surface area (Å²) in [7, 11) is 1.49. The van der Waals surface area contributed by atoms with Crippen LogP contribution >= 0.6 is 0 Å². The molecule has 5 rings (SSSR count). The lowest BCUT2D eigenvalue weighted by molar-refractivity contribution is -0.147. The van der Waals surface area contributed by atoms with Gasteiger partial charge in [0, 0.05) is 6.04 Å². The number of aryl methyl sites for hydroxylation is 1. The largest absolute Gasteiger partial charge is 0.469 e. The second-order valence-electron chi connectivity index (χ2n) is 7.84. The molecule has 144 valence electrons. The molecule has 0 N–H and O–H groups in total. The van der Waals surface area contributed by atoms with Gasteiger partial charge in [0.15, 0.2) is 12.0 Å². The van der Waals surface area contributed by atoms with Crippen molar-refractivity contribution in [3.63, 3.8) is 0 Å². The Labute approximate surface area is 164 Å². The normalized spacial score (nSPS) is 20.4. The molecule has 1 aliphatic carbocycles. The third-order valence-electron chi connectivity index (χ3n) is 6.36. The van der Waals surface area contributed by atoms with Crippen LogP contribution in [0.1, 0.15) is 36.4 Å². The number of benzene rings is 2. The number of aromatic nitrogens is 1. The summed E-state index contributed by atoms with van der Waals surface area (Å²) in [5, 5.41) is 0. The number of fused-ring (bicyclic) bond motifs is 2. The van der Waals surface area contributed by atoms with Crippen molar-refractivity contribution < 1.29 is 13.9 Å². The van der Waals surface area contributed by atoms with Crippen molar-refractivity contribution in [2.24, 2.45) is 5.92 Å². The van der Waals surface area contributed by atoms with E-state index in [0.29, 0.717) is 6.04 Å². The molecule has 1 atom stereocenters. The maximum atomic E-state index is 11.8. The Balaban J connectivity index is 1.35. The van der Waals surface area contributed by atoms with E-state index in [9.17, 15) is 4.79 Å². The molecular formula is C23H24N2O3. The number of carbonyl (C=O) groups is 1. The second kappa shape index (κ2) is 7.06. The van der Waals surface area contributed by atoms with Gasteiger partial charge in [0.2, 0.25) is 0 Å². The second-order valence-corrected chi connectivity index (χ2v) is 7.84. The van der Waals surface area contributed by atoms with Gasteiger partial charge in [-0.3, -0.25) is 9.69 Å². The van der Waals surface area contributed by atoms with E-state index >= 15 is 0 Å². The average molecular weight is 376 g/mol. The summed E-state index contributed by atoms with van der Waals surface area (Å²) >= 11 is 0. The van der Waals surface area contributed by atoms with Gasteiger partial charge in [-0.05, 0) is 73.2 Å². The number of rotatable bonds is 3. The molecule has 5 nitrogen and oxygen atoms in total. The summed E-state index contributed by atoms with van der Waals surface area (Å²) in [5.41, 5.74) is 7.01. The van der Waals surface area contributed by atoms with Crippen molar-refractivity contribution in [1.82, 2.24) is 9.88 Å². The Hall–Kier alpha value is -2.66. The first kappa shape index (κ1) is 17.4. The van der Waals surface area contributed by atoms with Crippen LogP contribution in [0.5, 0.6) is 0 Å². The minimum Gasteiger partial charge on any atom is -0.469 e. The van der Waals surface area contributed by atoms with Crippen LogP contribution in [0, 0.1) is 5.92 Å². The number of methoxy groups -OCH3 is 1. The molecule has 0 spiro atoms. The summed E-state index contributed by atoms with van der Waals surface area (Å²) in [6, 6.07) is 13.5. The molecular weight excluding hydrogens is 352 g/mol. The lowest BCUT2D eigenvalue weighted by atomic mass is 9.94. The van der Waals surface area contributed by atoms with E-state index in [-0.39, 0.29) is 11.9 Å². The quantitative estimate of drug-likeness (QED) is 0.636. The maximum absolute atomic E-state index is 11.8. The highest BCUT2D eigenvalue weighted by molar-refractivity contribution is 5.80. The fraction of sp³-hybridized carbons (Fsp3) is 0.391. The Morgan fingerprint density at radius 1 is 1.11 bits per heavy atom. The molecule has 2 aliphatic rings. The fourth-order valence-electron chi connectivity index (χ4n) is 4.80. The fourth-order valence-corrected chi connectivity index (χ4v) is 4.80. The third-order valence-corrected chi connectivity index (χ3v) is 6.36. The van der Waals surface area contributed by atoms with Crippen LogP contribution in [0.2, 0.25) is 0 Å². The molecule has 1 aliphatic heterocycles. The minimum atomic E-state index is -0.0554. The van der Waals surface area contributed by atoms with Crippen molar-refractivity contribution >= 4 is 17.1 Å². The number of ether oxygens (including phenoxy) is 1. The van der Waals surface area contributed by atoms with Gasteiger partial charge in [-0.25, -0.2) is 4.98 Å². The Morgan fingerprint density at radius 3 is 2.71 bits per heavy atom. The average Bonchev–Trinajstić information content (AvgIpc) is 3.39. The SMILES string of the molecule is COC(=O)C1CCN(C2CCc3cc(-c4ccc5ocnc5c4)ccc32)CC1. The molecule has 1 saturated heterocycles. The van der Waals surface area contributed by atoms with E-state index in [2.05, 4.69) is 40.2 Å². The molecule has 2 aromatic carbocycles. The number of esters is 1. The van der Waals surface area contributed by atoms with Gasteiger partial charge in [-0.2, -0.15) is 0 Å². The van der Waals surface area contributed by atoms with Crippen LogP contribution < -0.4 is 0 Å². The molecule has 1 unspecified atom stereocenters. The van der Waals surface area contributed by atoms with E-state index in [1.54, 1.807) is 0 Å². The lowest BCUT2D eigenvalue weighted by Gasteiger charge is -2.35. The van der Waals surface area contributed by atoms with Crippen molar-refractivity contribution in [2.75, 3.05) is 20.2 Å². The smallest absolute Gasteiger partial charge is 0.308 e. The topological polar surface area (TPSA) is 55.6 Å². The molecule has 0 saturated carbocycles. The van der Waals surface area contributed by atoms with Crippen LogP contribution in [-0.2, 0) is 16.0 Å². The lowest BCUT2D eigenvalue weighted by Crippen LogP contribution is -2.38. The van der Waals surface area contributed by atoms with Gasteiger partial charge in [-0.1, -0.05) is 24.3 Å². The zero-order chi connectivity index (χ0) is 19.1. The van der Waals surface area contributed by atoms with E-state index in [4.69, 9.17) is 9.15 Å². The van der Waals surface area contributed by atoms with Crippen molar-refractivity contribution in [3.05, 3.63) is 53.9 Å². The van der Waals surface area contributed by atoms with E-state index in [0.717, 1.165) is 49.9 Å². The number of piperidine rings is 1. The van der Waals surface area contributed by atoms with Crippen LogP contribution in [-0.4, -0.2) is 36.1 Å². The number of hydrogen-bond acceptors (Lipinski definition) is 5. The number of oxazole rings is 1. The van der Waals surface area contributed by atoms with Crippen molar-refractivity contribution in [1.29, 1.82) is 0 Å². The number of likely N-dealkylation sites (tertiary alicyclic amines) is 1. The van der Waals surface area contributed by atoms with Crippen LogP contribution in [0.4, 0.5) is 0 Å². The summed E-state index contributed by atoms with van der Waals surface area (Å²) in [6.45, 7) is 1.93. The summed E-state index contributed by atoms with van der Waals surface area (Å²) in [4.78, 5) is 18.6. The summed E-state index contributed by atoms with van der Waals surface area (Å²) < 4.78 is 10.3. The molecule has 1 aromatic heterocycles. The summed E-state index contributed by atoms with van der Waals surface area (Å²) in [6.07, 6.45) is 5.55. The Morgan fingerprint density at radius 2 is 1.89 bits per heavy atom. The molecule has 1 fully saturated rings. The zero-order valence-corrected chi connectivity index (χ0v) is 16.1. The first-order chi connectivity index (χ1) is 13.7. The number of nitrogens with zero attached hydrogens (tertiary/aromatic N) is 2. The highest BCUT2D eigenvalue weighted by atomic mass is 16.5. The molecule has 2 heterocycles. The van der Waals surface area contributed by atoms with Crippen LogP contribution in [0.25, 0.3) is 22.2 Å². The van der Waals surface area contributed by atoms with E-state index in [1.807, 2.05) is 6.07 Å². The van der Waals surface area contributed by atoms with Crippen LogP contribution in [0.15, 0.2) is 47.2 Å². The van der Waals surface area contributed by atoms with Gasteiger partial charge in [0.25, 0.3) is 0 Å². The highest BCUT2D eigenvalue weighted by Gasteiger charge is 2.33. The summed E-state index contributed by atoms with van der Waals surface area (Å²) in [5.74, 6) is 0.0103. The number of hydrogen-bond donors (Lipinski definition) is 0. The van der Waals surface area contributed by atoms with Gasteiger partial charge >= 0.3 is 5.97 Å². The Kier molecular flexibility index (Phi) is 4.40. The molecule has 5 heteroatoms. The standard InChI is InChI=1S/C23H24N2O3/c1-27-23(26)15-8-10-25(11-9-15)21-6-3-18-12-16(2-5-19(18)21)17-4-7-22-20(13-17)24-14-28-22/h2,4-5,7,12-15,21H,3,6,8-11H2,1H3. The predicted molar refractivity (Wildman–Crippen MR) is 107 cm³/mol. The molecule has 0 bridgehead atoms. The first-order valence-corrected chi connectivity index (χ1v) is 10.0. The monoisotopic (exact) mass is 376 g/mol. The first-order valence-electron chi connectivity index (χ1n) is 10.0. The molecule has 28 heavy (non-hydrogen) atoms.